The fourth-order valence-corrected chi connectivity index (χ4v) is 3.42. The largest absolute Gasteiger partial charge is 0.396 e. The van der Waals surface area contributed by atoms with Gasteiger partial charge in [0.15, 0.2) is 0 Å². The van der Waals surface area contributed by atoms with Gasteiger partial charge < -0.3 is 10.4 Å². The molecule has 100 valence electrons. The quantitative estimate of drug-likeness (QED) is 0.790. The van der Waals surface area contributed by atoms with Crippen LogP contribution in [-0.2, 0) is 0 Å². The molecule has 2 heteroatoms. The lowest BCUT2D eigenvalue weighted by atomic mass is 9.82. The van der Waals surface area contributed by atoms with Crippen LogP contribution >= 0.6 is 0 Å². The fourth-order valence-electron chi connectivity index (χ4n) is 3.42. The zero-order valence-electron chi connectivity index (χ0n) is 11.3. The van der Waals surface area contributed by atoms with Crippen molar-refractivity contribution in [1.29, 1.82) is 0 Å². The molecule has 0 aromatic heterocycles. The van der Waals surface area contributed by atoms with E-state index in [0.717, 1.165) is 17.9 Å². The fraction of sp³-hybridized carbons (Fsp3) is 1.00. The van der Waals surface area contributed by atoms with Crippen LogP contribution in [-0.4, -0.2) is 24.3 Å². The molecule has 0 bridgehead atoms. The Kier molecular flexibility index (Phi) is 5.30. The first-order valence-corrected chi connectivity index (χ1v) is 7.62. The molecule has 17 heavy (non-hydrogen) atoms. The van der Waals surface area contributed by atoms with Gasteiger partial charge >= 0.3 is 0 Å². The van der Waals surface area contributed by atoms with Crippen LogP contribution in [0.3, 0.4) is 0 Å². The third-order valence-electron chi connectivity index (χ3n) is 4.94. The van der Waals surface area contributed by atoms with E-state index in [0.29, 0.717) is 12.5 Å². The number of nitrogens with one attached hydrogen (secondary N) is 1. The molecular formula is C15H29NO. The van der Waals surface area contributed by atoms with E-state index in [1.165, 1.54) is 57.9 Å². The normalized spacial score (nSPS) is 39.2. The Balaban J connectivity index is 1.59. The van der Waals surface area contributed by atoms with E-state index < -0.39 is 0 Å². The molecule has 2 aliphatic rings. The van der Waals surface area contributed by atoms with Gasteiger partial charge in [-0.1, -0.05) is 19.8 Å². The molecule has 0 spiro atoms. The molecular weight excluding hydrogens is 210 g/mol. The van der Waals surface area contributed by atoms with Crippen molar-refractivity contribution in [1.82, 2.24) is 5.32 Å². The zero-order valence-corrected chi connectivity index (χ0v) is 11.3. The zero-order chi connectivity index (χ0) is 12.1. The van der Waals surface area contributed by atoms with Gasteiger partial charge in [0, 0.05) is 12.6 Å². The summed E-state index contributed by atoms with van der Waals surface area (Å²) in [4.78, 5) is 0. The highest BCUT2D eigenvalue weighted by molar-refractivity contribution is 4.79. The van der Waals surface area contributed by atoms with Crippen molar-refractivity contribution in [3.63, 3.8) is 0 Å². The Labute approximate surface area is 106 Å². The van der Waals surface area contributed by atoms with Crippen LogP contribution in [0.1, 0.15) is 58.3 Å². The first-order chi connectivity index (χ1) is 8.28. The maximum Gasteiger partial charge on any atom is 0.0459 e. The minimum atomic E-state index is 0.396. The van der Waals surface area contributed by atoms with Crippen LogP contribution in [0.4, 0.5) is 0 Å². The van der Waals surface area contributed by atoms with Crippen molar-refractivity contribution in [2.45, 2.75) is 64.3 Å². The summed E-state index contributed by atoms with van der Waals surface area (Å²) in [5.41, 5.74) is 0. The van der Waals surface area contributed by atoms with Crippen molar-refractivity contribution in [3.8, 4) is 0 Å². The number of rotatable bonds is 4. The molecule has 2 fully saturated rings. The Hall–Kier alpha value is -0.0800. The molecule has 2 nitrogen and oxygen atoms in total. The monoisotopic (exact) mass is 239 g/mol. The van der Waals surface area contributed by atoms with E-state index in [2.05, 4.69) is 12.2 Å². The van der Waals surface area contributed by atoms with E-state index in [4.69, 9.17) is 5.11 Å². The molecule has 2 aliphatic carbocycles. The summed E-state index contributed by atoms with van der Waals surface area (Å²) in [7, 11) is 0. The number of hydrogen-bond donors (Lipinski definition) is 2. The molecule has 0 unspecified atom stereocenters. The van der Waals surface area contributed by atoms with Crippen molar-refractivity contribution < 1.29 is 5.11 Å². The Morgan fingerprint density at radius 1 is 0.882 bits per heavy atom. The molecule has 0 atom stereocenters. The summed E-state index contributed by atoms with van der Waals surface area (Å²) in [6.45, 7) is 4.02. The average molecular weight is 239 g/mol. The van der Waals surface area contributed by atoms with Crippen LogP contribution in [0.15, 0.2) is 0 Å². The summed E-state index contributed by atoms with van der Waals surface area (Å²) in [6.07, 6.45) is 10.7. The lowest BCUT2D eigenvalue weighted by Gasteiger charge is -2.31. The molecule has 2 rings (SSSR count). The van der Waals surface area contributed by atoms with Gasteiger partial charge in [-0.3, -0.25) is 0 Å². The van der Waals surface area contributed by atoms with Gasteiger partial charge in [-0.15, -0.1) is 0 Å². The molecule has 0 radical (unpaired) electrons. The van der Waals surface area contributed by atoms with Crippen LogP contribution < -0.4 is 5.32 Å². The molecule has 0 saturated heterocycles. The van der Waals surface area contributed by atoms with Gasteiger partial charge in [0.1, 0.15) is 0 Å². The van der Waals surface area contributed by atoms with E-state index in [9.17, 15) is 0 Å². The highest BCUT2D eigenvalue weighted by Gasteiger charge is 2.22. The predicted molar refractivity (Wildman–Crippen MR) is 72.0 cm³/mol. The van der Waals surface area contributed by atoms with Gasteiger partial charge in [0.2, 0.25) is 0 Å². The van der Waals surface area contributed by atoms with E-state index >= 15 is 0 Å². The minimum Gasteiger partial charge on any atom is -0.396 e. The molecule has 0 aromatic rings. The van der Waals surface area contributed by atoms with E-state index in [1.807, 2.05) is 0 Å². The van der Waals surface area contributed by atoms with Gasteiger partial charge in [-0.25, -0.2) is 0 Å². The standard InChI is InChI=1S/C15H29NO/c1-12-2-4-13(5-3-12)10-16-15-8-6-14(11-17)7-9-15/h12-17H,2-11H2,1H3. The Morgan fingerprint density at radius 3 is 2.06 bits per heavy atom. The predicted octanol–water partition coefficient (Wildman–Crippen LogP) is 2.95. The second-order valence-corrected chi connectivity index (χ2v) is 6.43. The van der Waals surface area contributed by atoms with Crippen molar-refractivity contribution in [3.05, 3.63) is 0 Å². The first-order valence-electron chi connectivity index (χ1n) is 7.62. The summed E-state index contributed by atoms with van der Waals surface area (Å²) in [6, 6.07) is 0.733. The number of aliphatic hydroxyl groups excluding tert-OH is 1. The second kappa shape index (κ2) is 6.75. The molecule has 0 heterocycles. The van der Waals surface area contributed by atoms with Gasteiger partial charge in [-0.05, 0) is 62.8 Å². The van der Waals surface area contributed by atoms with Crippen LogP contribution in [0, 0.1) is 17.8 Å². The first kappa shape index (κ1) is 13.4. The minimum absolute atomic E-state index is 0.396. The van der Waals surface area contributed by atoms with E-state index in [-0.39, 0.29) is 0 Å². The maximum atomic E-state index is 9.12. The van der Waals surface area contributed by atoms with Gasteiger partial charge in [0.05, 0.1) is 0 Å². The van der Waals surface area contributed by atoms with Crippen molar-refractivity contribution in [2.75, 3.05) is 13.2 Å². The molecule has 0 aliphatic heterocycles. The third kappa shape index (κ3) is 4.26. The number of aliphatic hydroxyl groups is 1. The summed E-state index contributed by atoms with van der Waals surface area (Å²) >= 11 is 0. The highest BCUT2D eigenvalue weighted by atomic mass is 16.3. The van der Waals surface area contributed by atoms with Crippen molar-refractivity contribution >= 4 is 0 Å². The summed E-state index contributed by atoms with van der Waals surface area (Å²) < 4.78 is 0. The van der Waals surface area contributed by atoms with Crippen molar-refractivity contribution in [2.24, 2.45) is 17.8 Å². The second-order valence-electron chi connectivity index (χ2n) is 6.43. The lowest BCUT2D eigenvalue weighted by molar-refractivity contribution is 0.171. The van der Waals surface area contributed by atoms with Gasteiger partial charge in [0.25, 0.3) is 0 Å². The highest BCUT2D eigenvalue weighted by Crippen LogP contribution is 2.29. The molecule has 2 N–H and O–H groups in total. The van der Waals surface area contributed by atoms with Crippen LogP contribution in [0.25, 0.3) is 0 Å². The summed E-state index contributed by atoms with van der Waals surface area (Å²) in [5, 5.41) is 12.9. The SMILES string of the molecule is CC1CCC(CNC2CCC(CO)CC2)CC1. The van der Waals surface area contributed by atoms with Gasteiger partial charge in [-0.2, -0.15) is 0 Å². The lowest BCUT2D eigenvalue weighted by Crippen LogP contribution is -2.37. The topological polar surface area (TPSA) is 32.3 Å². The number of hydrogen-bond acceptors (Lipinski definition) is 2. The smallest absolute Gasteiger partial charge is 0.0459 e. The Bertz CT molecular complexity index is 203. The third-order valence-corrected chi connectivity index (χ3v) is 4.94. The van der Waals surface area contributed by atoms with Crippen LogP contribution in [0.2, 0.25) is 0 Å². The maximum absolute atomic E-state index is 9.12. The average Bonchev–Trinajstić information content (AvgIpc) is 2.39. The molecule has 2 saturated carbocycles. The molecule has 0 aromatic carbocycles. The Morgan fingerprint density at radius 2 is 1.47 bits per heavy atom. The molecule has 0 amide bonds. The summed E-state index contributed by atoms with van der Waals surface area (Å²) in [5.74, 6) is 2.48. The van der Waals surface area contributed by atoms with Crippen LogP contribution in [0.5, 0.6) is 0 Å². The van der Waals surface area contributed by atoms with E-state index in [1.54, 1.807) is 0 Å².